The Labute approximate surface area is 197 Å². The van der Waals surface area contributed by atoms with Gasteiger partial charge in [0.15, 0.2) is 0 Å². The van der Waals surface area contributed by atoms with Crippen LogP contribution in [0.2, 0.25) is 0 Å². The van der Waals surface area contributed by atoms with Gasteiger partial charge >= 0.3 is 0 Å². The van der Waals surface area contributed by atoms with E-state index < -0.39 is 0 Å². The van der Waals surface area contributed by atoms with E-state index in [2.05, 4.69) is 124 Å². The van der Waals surface area contributed by atoms with Crippen LogP contribution >= 0.6 is 0 Å². The van der Waals surface area contributed by atoms with Crippen molar-refractivity contribution in [1.29, 1.82) is 0 Å². The molecule has 1 nitrogen and oxygen atoms in total. The Morgan fingerprint density at radius 2 is 1.00 bits per heavy atom. The third-order valence-electron chi connectivity index (χ3n) is 8.26. The number of fused-ring (bicyclic) bond motifs is 10. The van der Waals surface area contributed by atoms with Crippen LogP contribution in [-0.2, 0) is 11.0 Å². The standard InChI is InChI=1S/C32H31N/c1-5-33(6-2)31(3,4)22-19-20-26-25-15-9-12-18-29(25)32(30(26)21-22)27-16-10-7-13-23(27)24-14-8-11-17-28(24)32/h7-21H,5-6H2,1-4H3. The zero-order chi connectivity index (χ0) is 22.8. The molecule has 0 aliphatic heterocycles. The topological polar surface area (TPSA) is 3.24 Å². The van der Waals surface area contributed by atoms with Crippen molar-refractivity contribution in [3.05, 3.63) is 119 Å². The summed E-state index contributed by atoms with van der Waals surface area (Å²) in [5.41, 5.74) is 12.2. The SMILES string of the molecule is CCN(CC)C(C)(C)c1ccc2c(c1)C1(c3ccccc3-c3ccccc31)c1ccccc1-2. The van der Waals surface area contributed by atoms with Crippen LogP contribution < -0.4 is 0 Å². The predicted octanol–water partition coefficient (Wildman–Crippen LogP) is 7.61. The quantitative estimate of drug-likeness (QED) is 0.279. The predicted molar refractivity (Wildman–Crippen MR) is 139 cm³/mol. The number of hydrogen-bond acceptors (Lipinski definition) is 1. The van der Waals surface area contributed by atoms with Crippen molar-refractivity contribution in [2.45, 2.75) is 38.6 Å². The van der Waals surface area contributed by atoms with Crippen molar-refractivity contribution in [2.24, 2.45) is 0 Å². The van der Waals surface area contributed by atoms with Gasteiger partial charge in [0, 0.05) is 5.54 Å². The lowest BCUT2D eigenvalue weighted by atomic mass is 9.70. The van der Waals surface area contributed by atoms with E-state index >= 15 is 0 Å². The van der Waals surface area contributed by atoms with Crippen LogP contribution in [0, 0.1) is 0 Å². The van der Waals surface area contributed by atoms with Gasteiger partial charge in [-0.1, -0.05) is 105 Å². The van der Waals surface area contributed by atoms with Gasteiger partial charge in [-0.2, -0.15) is 0 Å². The molecule has 0 amide bonds. The first-order valence-electron chi connectivity index (χ1n) is 12.2. The van der Waals surface area contributed by atoms with Crippen LogP contribution in [0.1, 0.15) is 55.5 Å². The van der Waals surface area contributed by atoms with Crippen molar-refractivity contribution >= 4 is 0 Å². The normalized spacial score (nSPS) is 14.8. The molecule has 4 aromatic carbocycles. The molecular weight excluding hydrogens is 398 g/mol. The summed E-state index contributed by atoms with van der Waals surface area (Å²) in [6, 6.07) is 34.4. The summed E-state index contributed by atoms with van der Waals surface area (Å²) in [5.74, 6) is 0. The number of rotatable bonds is 4. The molecule has 0 unspecified atom stereocenters. The molecule has 2 aliphatic carbocycles. The highest BCUT2D eigenvalue weighted by Gasteiger charge is 2.51. The minimum atomic E-state index is -0.255. The van der Waals surface area contributed by atoms with Crippen molar-refractivity contribution in [3.8, 4) is 22.3 Å². The molecule has 0 N–H and O–H groups in total. The van der Waals surface area contributed by atoms with Crippen LogP contribution in [0.15, 0.2) is 91.0 Å². The van der Waals surface area contributed by atoms with Crippen LogP contribution in [0.5, 0.6) is 0 Å². The molecule has 0 saturated carbocycles. The first-order chi connectivity index (χ1) is 16.0. The Bertz CT molecular complexity index is 1310. The maximum Gasteiger partial charge on any atom is 0.0725 e. The Balaban J connectivity index is 1.72. The van der Waals surface area contributed by atoms with E-state index in [9.17, 15) is 0 Å². The van der Waals surface area contributed by atoms with Crippen LogP contribution in [0.3, 0.4) is 0 Å². The largest absolute Gasteiger partial charge is 0.295 e. The maximum atomic E-state index is 2.56. The van der Waals surface area contributed by atoms with Gasteiger partial charge in [0.1, 0.15) is 0 Å². The second-order valence-electron chi connectivity index (χ2n) is 9.88. The zero-order valence-corrected chi connectivity index (χ0v) is 20.0. The molecule has 0 atom stereocenters. The maximum absolute atomic E-state index is 2.56. The first kappa shape index (κ1) is 20.4. The lowest BCUT2D eigenvalue weighted by molar-refractivity contribution is 0.135. The summed E-state index contributed by atoms with van der Waals surface area (Å²) in [5, 5.41) is 0. The van der Waals surface area contributed by atoms with Gasteiger partial charge < -0.3 is 0 Å². The number of nitrogens with zero attached hydrogens (tertiary/aromatic N) is 1. The molecule has 6 rings (SSSR count). The molecule has 0 saturated heterocycles. The Morgan fingerprint density at radius 1 is 0.576 bits per heavy atom. The van der Waals surface area contributed by atoms with Crippen molar-refractivity contribution < 1.29 is 0 Å². The highest BCUT2D eigenvalue weighted by atomic mass is 15.2. The summed E-state index contributed by atoms with van der Waals surface area (Å²) in [6.07, 6.45) is 0. The van der Waals surface area contributed by atoms with E-state index in [1.54, 1.807) is 0 Å². The summed E-state index contributed by atoms with van der Waals surface area (Å²) in [6.45, 7) is 11.3. The number of benzene rings is 4. The average Bonchev–Trinajstić information content (AvgIpc) is 3.32. The molecule has 2 aliphatic rings. The number of hydrogen-bond donors (Lipinski definition) is 0. The minimum absolute atomic E-state index is 0.0356. The average molecular weight is 430 g/mol. The summed E-state index contributed by atoms with van der Waals surface area (Å²) in [4.78, 5) is 2.56. The van der Waals surface area contributed by atoms with Gasteiger partial charge in [-0.15, -0.1) is 0 Å². The van der Waals surface area contributed by atoms with Gasteiger partial charge in [-0.25, -0.2) is 0 Å². The molecule has 33 heavy (non-hydrogen) atoms. The van der Waals surface area contributed by atoms with E-state index in [-0.39, 0.29) is 11.0 Å². The van der Waals surface area contributed by atoms with Crippen molar-refractivity contribution in [3.63, 3.8) is 0 Å². The van der Waals surface area contributed by atoms with E-state index in [1.807, 2.05) is 0 Å². The molecule has 0 bridgehead atoms. The fraction of sp³-hybridized carbons (Fsp3) is 0.250. The van der Waals surface area contributed by atoms with Gasteiger partial charge in [0.2, 0.25) is 0 Å². The smallest absolute Gasteiger partial charge is 0.0725 e. The Morgan fingerprint density at radius 3 is 1.45 bits per heavy atom. The molecule has 164 valence electrons. The van der Waals surface area contributed by atoms with Crippen molar-refractivity contribution in [2.75, 3.05) is 13.1 Å². The molecule has 1 heteroatoms. The molecule has 0 heterocycles. The summed E-state index contributed by atoms with van der Waals surface area (Å²) < 4.78 is 0. The molecular formula is C32H31N. The van der Waals surface area contributed by atoms with Crippen molar-refractivity contribution in [1.82, 2.24) is 4.90 Å². The lowest BCUT2D eigenvalue weighted by Crippen LogP contribution is -2.41. The van der Waals surface area contributed by atoms with Crippen LogP contribution in [0.4, 0.5) is 0 Å². The zero-order valence-electron chi connectivity index (χ0n) is 20.0. The monoisotopic (exact) mass is 429 g/mol. The van der Waals surface area contributed by atoms with E-state index in [0.717, 1.165) is 13.1 Å². The van der Waals surface area contributed by atoms with E-state index in [0.29, 0.717) is 0 Å². The fourth-order valence-electron chi connectivity index (χ4n) is 6.67. The highest BCUT2D eigenvalue weighted by molar-refractivity contribution is 5.95. The van der Waals surface area contributed by atoms with E-state index in [1.165, 1.54) is 50.1 Å². The second kappa shape index (κ2) is 7.17. The van der Waals surface area contributed by atoms with Crippen LogP contribution in [0.25, 0.3) is 22.3 Å². The summed E-state index contributed by atoms with van der Waals surface area (Å²) >= 11 is 0. The minimum Gasteiger partial charge on any atom is -0.295 e. The molecule has 0 fully saturated rings. The lowest BCUT2D eigenvalue weighted by Gasteiger charge is -2.39. The van der Waals surface area contributed by atoms with Crippen LogP contribution in [-0.4, -0.2) is 18.0 Å². The fourth-order valence-corrected chi connectivity index (χ4v) is 6.67. The van der Waals surface area contributed by atoms with Gasteiger partial charge in [-0.05, 0) is 77.0 Å². The van der Waals surface area contributed by atoms with E-state index in [4.69, 9.17) is 0 Å². The third-order valence-corrected chi connectivity index (χ3v) is 8.26. The van der Waals surface area contributed by atoms with Gasteiger partial charge in [0.25, 0.3) is 0 Å². The van der Waals surface area contributed by atoms with Gasteiger partial charge in [-0.3, -0.25) is 4.90 Å². The highest BCUT2D eigenvalue weighted by Crippen LogP contribution is 2.62. The Hall–Kier alpha value is -3.16. The third kappa shape index (κ3) is 2.52. The second-order valence-corrected chi connectivity index (χ2v) is 9.88. The molecule has 1 spiro atoms. The first-order valence-corrected chi connectivity index (χ1v) is 12.2. The molecule has 0 aromatic heterocycles. The Kier molecular flexibility index (Phi) is 4.44. The van der Waals surface area contributed by atoms with Gasteiger partial charge in [0.05, 0.1) is 5.41 Å². The molecule has 0 radical (unpaired) electrons. The molecule has 4 aromatic rings. The summed E-state index contributed by atoms with van der Waals surface area (Å²) in [7, 11) is 0.